The lowest BCUT2D eigenvalue weighted by molar-refractivity contribution is -0.124. The Morgan fingerprint density at radius 1 is 1.61 bits per heavy atom. The Labute approximate surface area is 108 Å². The molecule has 0 amide bonds. The maximum Gasteiger partial charge on any atom is 0.157 e. The quantitative estimate of drug-likeness (QED) is 0.831. The molecule has 0 aromatic carbocycles. The minimum atomic E-state index is -0.322. The Bertz CT molecular complexity index is 425. The molecule has 2 rings (SSSR count). The third kappa shape index (κ3) is 2.53. The molecule has 1 aliphatic heterocycles. The van der Waals surface area contributed by atoms with E-state index in [0.717, 1.165) is 37.8 Å². The molecular formula is C14H21N3O. The van der Waals surface area contributed by atoms with E-state index in [0.29, 0.717) is 12.1 Å². The van der Waals surface area contributed by atoms with Gasteiger partial charge in [0.1, 0.15) is 0 Å². The second-order valence-electron chi connectivity index (χ2n) is 5.04. The van der Waals surface area contributed by atoms with Crippen molar-refractivity contribution in [3.63, 3.8) is 0 Å². The lowest BCUT2D eigenvalue weighted by Gasteiger charge is -2.27. The molecule has 0 bridgehead atoms. The molecule has 1 aliphatic rings. The van der Waals surface area contributed by atoms with Crippen LogP contribution in [0.1, 0.15) is 38.2 Å². The van der Waals surface area contributed by atoms with Crippen LogP contribution < -0.4 is 11.1 Å². The molecule has 18 heavy (non-hydrogen) atoms. The number of anilines is 1. The Morgan fingerprint density at radius 3 is 3.06 bits per heavy atom. The maximum absolute atomic E-state index is 12.5. The van der Waals surface area contributed by atoms with E-state index < -0.39 is 0 Å². The van der Waals surface area contributed by atoms with Gasteiger partial charge < -0.3 is 11.1 Å². The van der Waals surface area contributed by atoms with Crippen molar-refractivity contribution < 1.29 is 4.79 Å². The van der Waals surface area contributed by atoms with Crippen molar-refractivity contribution in [1.82, 2.24) is 10.3 Å². The number of rotatable bonds is 5. The largest absolute Gasteiger partial charge is 0.398 e. The second kappa shape index (κ2) is 5.48. The first-order valence-corrected chi connectivity index (χ1v) is 6.64. The van der Waals surface area contributed by atoms with E-state index in [2.05, 4.69) is 17.2 Å². The fraction of sp³-hybridized carbons (Fsp3) is 0.571. The molecule has 1 fully saturated rings. The van der Waals surface area contributed by atoms with Crippen LogP contribution in [0.25, 0.3) is 0 Å². The number of Topliss-reactive ketones (excluding diaryl/α,β-unsaturated/α-hetero) is 1. The summed E-state index contributed by atoms with van der Waals surface area (Å²) in [6.07, 6.45) is 7.68. The standard InChI is InChI=1S/C14H21N3O/c1-2-5-14(6-3-7-17-14)13(18)9-11-10-16-8-4-12(11)15/h4,8,10,17H,2-3,5-7,9H2,1H3,(H2,15,16). The molecule has 4 nitrogen and oxygen atoms in total. The fourth-order valence-electron chi connectivity index (χ4n) is 2.75. The average Bonchev–Trinajstić information content (AvgIpc) is 2.82. The van der Waals surface area contributed by atoms with Gasteiger partial charge in [0.05, 0.1) is 5.54 Å². The zero-order valence-electron chi connectivity index (χ0n) is 10.9. The van der Waals surface area contributed by atoms with Crippen LogP contribution in [0.5, 0.6) is 0 Å². The summed E-state index contributed by atoms with van der Waals surface area (Å²) in [5, 5.41) is 3.40. The maximum atomic E-state index is 12.5. The molecule has 4 heteroatoms. The smallest absolute Gasteiger partial charge is 0.157 e. The van der Waals surface area contributed by atoms with Gasteiger partial charge in [-0.2, -0.15) is 0 Å². The number of nitrogen functional groups attached to an aromatic ring is 1. The molecule has 0 spiro atoms. The van der Waals surface area contributed by atoms with Crippen LogP contribution in [0.15, 0.2) is 18.5 Å². The molecule has 0 saturated carbocycles. The highest BCUT2D eigenvalue weighted by Crippen LogP contribution is 2.27. The van der Waals surface area contributed by atoms with E-state index in [1.165, 1.54) is 0 Å². The highest BCUT2D eigenvalue weighted by Gasteiger charge is 2.39. The first-order valence-electron chi connectivity index (χ1n) is 6.64. The van der Waals surface area contributed by atoms with Gasteiger partial charge in [0.25, 0.3) is 0 Å². The second-order valence-corrected chi connectivity index (χ2v) is 5.04. The molecule has 1 aromatic heterocycles. The fourth-order valence-corrected chi connectivity index (χ4v) is 2.75. The Morgan fingerprint density at radius 2 is 2.44 bits per heavy atom. The van der Waals surface area contributed by atoms with Crippen LogP contribution in [0.3, 0.4) is 0 Å². The van der Waals surface area contributed by atoms with Crippen molar-refractivity contribution in [1.29, 1.82) is 0 Å². The van der Waals surface area contributed by atoms with Crippen LogP contribution in [-0.2, 0) is 11.2 Å². The van der Waals surface area contributed by atoms with Gasteiger partial charge in [-0.1, -0.05) is 13.3 Å². The molecule has 1 atom stereocenters. The average molecular weight is 247 g/mol. The number of ketones is 1. The summed E-state index contributed by atoms with van der Waals surface area (Å²) in [4.78, 5) is 16.6. The highest BCUT2D eigenvalue weighted by molar-refractivity contribution is 5.91. The van der Waals surface area contributed by atoms with Crippen LogP contribution in [-0.4, -0.2) is 22.9 Å². The number of carbonyl (C=O) groups is 1. The predicted octanol–water partition coefficient (Wildman–Crippen LogP) is 1.70. The summed E-state index contributed by atoms with van der Waals surface area (Å²) < 4.78 is 0. The van der Waals surface area contributed by atoms with Crippen molar-refractivity contribution in [2.45, 2.75) is 44.6 Å². The van der Waals surface area contributed by atoms with Gasteiger partial charge >= 0.3 is 0 Å². The molecule has 1 aromatic rings. The SMILES string of the molecule is CCCC1(C(=O)Cc2cnccc2N)CCCN1. The number of hydrogen-bond acceptors (Lipinski definition) is 4. The van der Waals surface area contributed by atoms with E-state index in [1.54, 1.807) is 18.5 Å². The number of aromatic nitrogens is 1. The van der Waals surface area contributed by atoms with E-state index in [1.807, 2.05) is 0 Å². The van der Waals surface area contributed by atoms with Gasteiger partial charge in [-0.05, 0) is 31.9 Å². The van der Waals surface area contributed by atoms with E-state index in [-0.39, 0.29) is 11.3 Å². The zero-order chi connectivity index (χ0) is 13.0. The molecule has 98 valence electrons. The summed E-state index contributed by atoms with van der Waals surface area (Å²) in [7, 11) is 0. The normalized spacial score (nSPS) is 23.2. The molecular weight excluding hydrogens is 226 g/mol. The molecule has 0 radical (unpaired) electrons. The van der Waals surface area contributed by atoms with Gasteiger partial charge in [0.2, 0.25) is 0 Å². The molecule has 1 saturated heterocycles. The highest BCUT2D eigenvalue weighted by atomic mass is 16.1. The number of nitrogens with one attached hydrogen (secondary N) is 1. The molecule has 3 N–H and O–H groups in total. The van der Waals surface area contributed by atoms with Gasteiger partial charge in [-0.15, -0.1) is 0 Å². The van der Waals surface area contributed by atoms with Crippen LogP contribution in [0.4, 0.5) is 5.69 Å². The molecule has 2 heterocycles. The van der Waals surface area contributed by atoms with Crippen molar-refractivity contribution in [3.05, 3.63) is 24.0 Å². The number of hydrogen-bond donors (Lipinski definition) is 2. The topological polar surface area (TPSA) is 68.0 Å². The van der Waals surface area contributed by atoms with Crippen molar-refractivity contribution >= 4 is 11.5 Å². The number of carbonyl (C=O) groups excluding carboxylic acids is 1. The summed E-state index contributed by atoms with van der Waals surface area (Å²) in [5.41, 5.74) is 7.04. The van der Waals surface area contributed by atoms with Gasteiger partial charge in [0.15, 0.2) is 5.78 Å². The minimum absolute atomic E-state index is 0.251. The van der Waals surface area contributed by atoms with E-state index >= 15 is 0 Å². The van der Waals surface area contributed by atoms with Crippen molar-refractivity contribution in [2.24, 2.45) is 0 Å². The minimum Gasteiger partial charge on any atom is -0.398 e. The molecule has 1 unspecified atom stereocenters. The van der Waals surface area contributed by atoms with Crippen molar-refractivity contribution in [2.75, 3.05) is 12.3 Å². The summed E-state index contributed by atoms with van der Waals surface area (Å²) in [6, 6.07) is 1.75. The van der Waals surface area contributed by atoms with E-state index in [4.69, 9.17) is 5.73 Å². The summed E-state index contributed by atoms with van der Waals surface area (Å²) >= 11 is 0. The van der Waals surface area contributed by atoms with Gasteiger partial charge in [-0.25, -0.2) is 0 Å². The summed E-state index contributed by atoms with van der Waals surface area (Å²) in [5.74, 6) is 0.251. The first kappa shape index (κ1) is 13.0. The zero-order valence-corrected chi connectivity index (χ0v) is 10.9. The van der Waals surface area contributed by atoms with Gasteiger partial charge in [0, 0.05) is 30.1 Å². The van der Waals surface area contributed by atoms with Crippen LogP contribution in [0, 0.1) is 0 Å². The number of nitrogens with two attached hydrogens (primary N) is 1. The Balaban J connectivity index is 2.13. The van der Waals surface area contributed by atoms with E-state index in [9.17, 15) is 4.79 Å². The number of nitrogens with zero attached hydrogens (tertiary/aromatic N) is 1. The Kier molecular flexibility index (Phi) is 3.97. The van der Waals surface area contributed by atoms with Gasteiger partial charge in [-0.3, -0.25) is 9.78 Å². The van der Waals surface area contributed by atoms with Crippen LogP contribution >= 0.6 is 0 Å². The number of pyridine rings is 1. The Hall–Kier alpha value is -1.42. The van der Waals surface area contributed by atoms with Crippen molar-refractivity contribution in [3.8, 4) is 0 Å². The monoisotopic (exact) mass is 247 g/mol. The summed E-state index contributed by atoms with van der Waals surface area (Å²) in [6.45, 7) is 3.06. The lowest BCUT2D eigenvalue weighted by atomic mass is 9.84. The predicted molar refractivity (Wildman–Crippen MR) is 72.2 cm³/mol. The molecule has 0 aliphatic carbocycles. The first-order chi connectivity index (χ1) is 8.68. The van der Waals surface area contributed by atoms with Crippen LogP contribution in [0.2, 0.25) is 0 Å². The third-order valence-electron chi connectivity index (χ3n) is 3.75. The third-order valence-corrected chi connectivity index (χ3v) is 3.75. The lowest BCUT2D eigenvalue weighted by Crippen LogP contribution is -2.48.